The standard InChI is InChI=1S/C22H26N4O/c1-2-13-25-14-9-22(10-15-25)26-20(18-5-3-4-6-21(18)27-22)16-19(24-26)17-7-11-23-12-8-17/h3-8,11-12,20H,2,9-10,13-16H2,1H3/p+1/t20-/m1/s1. The van der Waals surface area contributed by atoms with Crippen molar-refractivity contribution in [1.29, 1.82) is 0 Å². The maximum absolute atomic E-state index is 6.68. The van der Waals surface area contributed by atoms with E-state index in [-0.39, 0.29) is 11.8 Å². The number of quaternary nitrogens is 1. The summed E-state index contributed by atoms with van der Waals surface area (Å²) in [5.41, 5.74) is 3.27. The third kappa shape index (κ3) is 2.81. The highest BCUT2D eigenvalue weighted by molar-refractivity contribution is 6.01. The first-order valence-corrected chi connectivity index (χ1v) is 10.2. The number of nitrogens with zero attached hydrogens (tertiary/aromatic N) is 3. The fraction of sp³-hybridized carbons (Fsp3) is 0.455. The lowest BCUT2D eigenvalue weighted by Crippen LogP contribution is -3.14. The van der Waals surface area contributed by atoms with Gasteiger partial charge >= 0.3 is 0 Å². The van der Waals surface area contributed by atoms with Crippen LogP contribution in [0.1, 0.15) is 49.8 Å². The summed E-state index contributed by atoms with van der Waals surface area (Å²) < 4.78 is 6.68. The predicted octanol–water partition coefficient (Wildman–Crippen LogP) is 2.41. The summed E-state index contributed by atoms with van der Waals surface area (Å²) in [7, 11) is 0. The van der Waals surface area contributed by atoms with Crippen LogP contribution in [0.3, 0.4) is 0 Å². The third-order valence-electron chi connectivity index (χ3n) is 6.26. The van der Waals surface area contributed by atoms with Gasteiger partial charge in [0.1, 0.15) is 5.75 Å². The fourth-order valence-electron chi connectivity index (χ4n) is 4.88. The van der Waals surface area contributed by atoms with E-state index in [0.29, 0.717) is 0 Å². The second-order valence-electron chi connectivity index (χ2n) is 7.93. The lowest BCUT2D eigenvalue weighted by atomic mass is 9.91. The number of aromatic nitrogens is 1. The number of pyridine rings is 1. The van der Waals surface area contributed by atoms with Crippen molar-refractivity contribution in [2.24, 2.45) is 5.10 Å². The van der Waals surface area contributed by atoms with Crippen LogP contribution in [0.5, 0.6) is 5.75 Å². The molecule has 0 bridgehead atoms. The Morgan fingerprint density at radius 1 is 1.15 bits per heavy atom. The number of rotatable bonds is 3. The Kier molecular flexibility index (Phi) is 4.12. The molecular weight excluding hydrogens is 336 g/mol. The number of nitrogens with one attached hydrogen (secondary N) is 1. The number of ether oxygens (including phenoxy) is 1. The molecule has 0 radical (unpaired) electrons. The normalized spacial score (nSPS) is 29.1. The number of para-hydroxylation sites is 1. The van der Waals surface area contributed by atoms with Crippen molar-refractivity contribution in [3.8, 4) is 5.75 Å². The molecule has 27 heavy (non-hydrogen) atoms. The van der Waals surface area contributed by atoms with Gasteiger partial charge in [-0.25, -0.2) is 5.01 Å². The molecule has 5 rings (SSSR count). The molecule has 1 aromatic heterocycles. The predicted molar refractivity (Wildman–Crippen MR) is 105 cm³/mol. The molecular formula is C22H27N4O+. The molecule has 4 heterocycles. The zero-order valence-electron chi connectivity index (χ0n) is 15.9. The molecule has 1 N–H and O–H groups in total. The first-order valence-electron chi connectivity index (χ1n) is 10.2. The van der Waals surface area contributed by atoms with Crippen LogP contribution in [0.15, 0.2) is 53.9 Å². The highest BCUT2D eigenvalue weighted by atomic mass is 16.5. The highest BCUT2D eigenvalue weighted by Gasteiger charge is 2.52. The largest absolute Gasteiger partial charge is 0.466 e. The van der Waals surface area contributed by atoms with Crippen molar-refractivity contribution in [3.63, 3.8) is 0 Å². The molecule has 0 amide bonds. The topological polar surface area (TPSA) is 42.2 Å². The molecule has 140 valence electrons. The van der Waals surface area contributed by atoms with Gasteiger partial charge in [-0.1, -0.05) is 25.1 Å². The van der Waals surface area contributed by atoms with E-state index in [1.807, 2.05) is 12.4 Å². The minimum absolute atomic E-state index is 0.269. The fourth-order valence-corrected chi connectivity index (χ4v) is 4.88. The molecule has 0 saturated carbocycles. The van der Waals surface area contributed by atoms with E-state index in [9.17, 15) is 0 Å². The summed E-state index contributed by atoms with van der Waals surface area (Å²) in [4.78, 5) is 5.85. The number of likely N-dealkylation sites (tertiary alicyclic amines) is 1. The average Bonchev–Trinajstić information content (AvgIpc) is 3.18. The number of fused-ring (bicyclic) bond motifs is 4. The van der Waals surface area contributed by atoms with E-state index < -0.39 is 0 Å². The van der Waals surface area contributed by atoms with E-state index >= 15 is 0 Å². The summed E-state index contributed by atoms with van der Waals surface area (Å²) in [5.74, 6) is 1.05. The van der Waals surface area contributed by atoms with E-state index in [0.717, 1.165) is 43.8 Å². The molecule has 1 saturated heterocycles. The van der Waals surface area contributed by atoms with Crippen LogP contribution in [0.4, 0.5) is 0 Å². The van der Waals surface area contributed by atoms with E-state index in [2.05, 4.69) is 53.3 Å². The minimum Gasteiger partial charge on any atom is -0.466 e. The summed E-state index contributed by atoms with van der Waals surface area (Å²) in [6.07, 6.45) is 7.92. The summed E-state index contributed by atoms with van der Waals surface area (Å²) in [6.45, 7) is 5.83. The lowest BCUT2D eigenvalue weighted by molar-refractivity contribution is -0.908. The van der Waals surface area contributed by atoms with Gasteiger partial charge in [0.2, 0.25) is 5.72 Å². The molecule has 1 aromatic carbocycles. The van der Waals surface area contributed by atoms with Crippen LogP contribution in [-0.2, 0) is 0 Å². The van der Waals surface area contributed by atoms with Gasteiger partial charge in [-0.3, -0.25) is 4.98 Å². The SMILES string of the molecule is CCC[NH+]1CCC2(CC1)Oc1ccccc1[C@H]1CC(c3ccncc3)=NN12. The molecule has 1 atom stereocenters. The number of piperidine rings is 1. The molecule has 0 aliphatic carbocycles. The second kappa shape index (κ2) is 6.64. The molecule has 0 unspecified atom stereocenters. The molecule has 3 aliphatic heterocycles. The monoisotopic (exact) mass is 363 g/mol. The first kappa shape index (κ1) is 16.8. The van der Waals surface area contributed by atoms with Gasteiger partial charge in [0.25, 0.3) is 0 Å². The maximum Gasteiger partial charge on any atom is 0.208 e. The summed E-state index contributed by atoms with van der Waals surface area (Å²) in [5, 5.41) is 7.41. The minimum atomic E-state index is -0.301. The van der Waals surface area contributed by atoms with Gasteiger partial charge in [-0.15, -0.1) is 0 Å². The third-order valence-corrected chi connectivity index (χ3v) is 6.26. The first-order chi connectivity index (χ1) is 13.3. The quantitative estimate of drug-likeness (QED) is 0.911. The van der Waals surface area contributed by atoms with Crippen LogP contribution in [0, 0.1) is 0 Å². The van der Waals surface area contributed by atoms with Gasteiger partial charge in [0.05, 0.1) is 44.2 Å². The van der Waals surface area contributed by atoms with Crippen molar-refractivity contribution < 1.29 is 9.64 Å². The van der Waals surface area contributed by atoms with Crippen molar-refractivity contribution in [2.75, 3.05) is 19.6 Å². The molecule has 1 fully saturated rings. The molecule has 2 aromatic rings. The van der Waals surface area contributed by atoms with Gasteiger partial charge < -0.3 is 9.64 Å². The van der Waals surface area contributed by atoms with Crippen molar-refractivity contribution >= 4 is 5.71 Å². The number of hydrogen-bond donors (Lipinski definition) is 1. The van der Waals surface area contributed by atoms with Crippen LogP contribution in [-0.4, -0.2) is 41.1 Å². The number of hydrazone groups is 1. The zero-order chi connectivity index (χ0) is 18.3. The Hall–Kier alpha value is -2.40. The Balaban J connectivity index is 1.51. The van der Waals surface area contributed by atoms with Gasteiger partial charge in [0, 0.05) is 29.9 Å². The molecule has 3 aliphatic rings. The second-order valence-corrected chi connectivity index (χ2v) is 7.93. The van der Waals surface area contributed by atoms with E-state index in [1.54, 1.807) is 4.90 Å². The summed E-state index contributed by atoms with van der Waals surface area (Å²) >= 11 is 0. The van der Waals surface area contributed by atoms with Gasteiger partial charge in [0.15, 0.2) is 0 Å². The Morgan fingerprint density at radius 2 is 1.93 bits per heavy atom. The lowest BCUT2D eigenvalue weighted by Gasteiger charge is -2.50. The zero-order valence-corrected chi connectivity index (χ0v) is 15.9. The van der Waals surface area contributed by atoms with Crippen molar-refractivity contribution in [3.05, 3.63) is 59.9 Å². The molecule has 5 heteroatoms. The summed E-state index contributed by atoms with van der Waals surface area (Å²) in [6, 6.07) is 12.9. The van der Waals surface area contributed by atoms with Gasteiger partial charge in [-0.2, -0.15) is 5.10 Å². The van der Waals surface area contributed by atoms with E-state index in [1.165, 1.54) is 24.1 Å². The maximum atomic E-state index is 6.68. The van der Waals surface area contributed by atoms with Crippen LogP contribution < -0.4 is 9.64 Å². The van der Waals surface area contributed by atoms with Crippen LogP contribution in [0.25, 0.3) is 0 Å². The highest BCUT2D eigenvalue weighted by Crippen LogP contribution is 2.49. The molecule has 5 nitrogen and oxygen atoms in total. The number of benzene rings is 1. The Bertz CT molecular complexity index is 842. The van der Waals surface area contributed by atoms with Crippen molar-refractivity contribution in [1.82, 2.24) is 9.99 Å². The smallest absolute Gasteiger partial charge is 0.208 e. The Labute approximate surface area is 160 Å². The van der Waals surface area contributed by atoms with Crippen LogP contribution >= 0.6 is 0 Å². The van der Waals surface area contributed by atoms with Crippen molar-refractivity contribution in [2.45, 2.75) is 44.4 Å². The Morgan fingerprint density at radius 3 is 2.70 bits per heavy atom. The average molecular weight is 363 g/mol. The van der Waals surface area contributed by atoms with Crippen LogP contribution in [0.2, 0.25) is 0 Å². The van der Waals surface area contributed by atoms with E-state index in [4.69, 9.17) is 9.84 Å². The van der Waals surface area contributed by atoms with Gasteiger partial charge in [-0.05, 0) is 24.6 Å². The molecule has 1 spiro atoms. The number of hydrogen-bond acceptors (Lipinski definition) is 4.